The van der Waals surface area contributed by atoms with Crippen LogP contribution >= 0.6 is 12.8 Å². The van der Waals surface area contributed by atoms with Crippen LogP contribution in [0.5, 0.6) is 0 Å². The van der Waals surface area contributed by atoms with Crippen molar-refractivity contribution in [2.24, 2.45) is 0 Å². The summed E-state index contributed by atoms with van der Waals surface area (Å²) >= 11 is 4.13. The molecule has 0 aromatic heterocycles. The van der Waals surface area contributed by atoms with Crippen LogP contribution in [0.1, 0.15) is 5.56 Å². The predicted octanol–water partition coefficient (Wildman–Crippen LogP) is 2.66. The molecule has 2 aromatic carbocycles. The number of nitrogens with zero attached hydrogens (tertiary/aromatic N) is 1. The number of fused-ring (bicyclic) bond motifs is 2. The minimum absolute atomic E-state index is 0.133. The SMILES string of the molecule is FC(F)(F)c1cccc2c1N(S)c1ccccc1[Se]2. The van der Waals surface area contributed by atoms with Crippen LogP contribution < -0.4 is 13.2 Å². The van der Waals surface area contributed by atoms with Crippen molar-refractivity contribution in [2.75, 3.05) is 4.31 Å². The van der Waals surface area contributed by atoms with Crippen LogP contribution in [-0.4, -0.2) is 15.0 Å². The first-order valence-electron chi connectivity index (χ1n) is 5.44. The van der Waals surface area contributed by atoms with Gasteiger partial charge in [0.2, 0.25) is 0 Å². The van der Waals surface area contributed by atoms with Crippen LogP contribution in [0.4, 0.5) is 24.5 Å². The third-order valence-electron chi connectivity index (χ3n) is 2.83. The molecule has 0 bridgehead atoms. The fourth-order valence-electron chi connectivity index (χ4n) is 2.01. The minimum atomic E-state index is -4.37. The van der Waals surface area contributed by atoms with Gasteiger partial charge in [0.25, 0.3) is 0 Å². The third kappa shape index (κ3) is 2.14. The molecule has 0 amide bonds. The summed E-state index contributed by atoms with van der Waals surface area (Å²) in [6, 6.07) is 11.7. The quantitative estimate of drug-likeness (QED) is 0.567. The predicted molar refractivity (Wildman–Crippen MR) is 74.0 cm³/mol. The number of anilines is 2. The number of thiol groups is 1. The van der Waals surface area contributed by atoms with E-state index < -0.39 is 11.7 Å². The van der Waals surface area contributed by atoms with Gasteiger partial charge in [-0.25, -0.2) is 0 Å². The van der Waals surface area contributed by atoms with Crippen molar-refractivity contribution in [1.82, 2.24) is 0 Å². The molecule has 6 heteroatoms. The summed E-state index contributed by atoms with van der Waals surface area (Å²) in [4.78, 5) is 0. The molecule has 1 aliphatic rings. The zero-order valence-corrected chi connectivity index (χ0v) is 12.1. The first-order chi connectivity index (χ1) is 8.98. The Morgan fingerprint density at radius 2 is 1.63 bits per heavy atom. The molecule has 0 radical (unpaired) electrons. The number of hydrogen-bond donors (Lipinski definition) is 1. The second-order valence-electron chi connectivity index (χ2n) is 4.03. The van der Waals surface area contributed by atoms with Gasteiger partial charge in [-0.2, -0.15) is 0 Å². The standard InChI is InChI=1S/C13H8F3NSSe/c14-13(15,16)8-4-3-7-11-12(8)17(18)9-5-1-2-6-10(9)19-11/h1-7,18H. The van der Waals surface area contributed by atoms with Crippen LogP contribution in [-0.2, 0) is 6.18 Å². The number of benzene rings is 2. The molecular formula is C13H8F3NSSe. The van der Waals surface area contributed by atoms with Crippen molar-refractivity contribution in [3.05, 3.63) is 48.0 Å². The van der Waals surface area contributed by atoms with Gasteiger partial charge in [0, 0.05) is 0 Å². The molecule has 3 rings (SSSR count). The van der Waals surface area contributed by atoms with Crippen LogP contribution in [0.3, 0.4) is 0 Å². The average molecular weight is 346 g/mol. The molecule has 1 heterocycles. The number of para-hydroxylation sites is 2. The molecule has 1 nitrogen and oxygen atoms in total. The Hall–Kier alpha value is -1.10. The second-order valence-corrected chi connectivity index (χ2v) is 6.71. The Balaban J connectivity index is 2.22. The van der Waals surface area contributed by atoms with Crippen LogP contribution in [0.25, 0.3) is 0 Å². The van der Waals surface area contributed by atoms with Crippen molar-refractivity contribution in [3.8, 4) is 0 Å². The van der Waals surface area contributed by atoms with E-state index in [1.807, 2.05) is 12.1 Å². The number of hydrogen-bond acceptors (Lipinski definition) is 2. The van der Waals surface area contributed by atoms with Gasteiger partial charge < -0.3 is 0 Å². The Morgan fingerprint density at radius 1 is 0.947 bits per heavy atom. The van der Waals surface area contributed by atoms with Gasteiger partial charge in [0.15, 0.2) is 0 Å². The van der Waals surface area contributed by atoms with Crippen LogP contribution in [0, 0.1) is 0 Å². The summed E-state index contributed by atoms with van der Waals surface area (Å²) in [6.45, 7) is 0. The monoisotopic (exact) mass is 347 g/mol. The van der Waals surface area contributed by atoms with E-state index >= 15 is 0 Å². The van der Waals surface area contributed by atoms with Crippen molar-refractivity contribution in [1.29, 1.82) is 0 Å². The molecule has 0 N–H and O–H groups in total. The Kier molecular flexibility index (Phi) is 3.04. The Morgan fingerprint density at radius 3 is 2.37 bits per heavy atom. The van der Waals surface area contributed by atoms with Gasteiger partial charge in [-0.05, 0) is 0 Å². The van der Waals surface area contributed by atoms with E-state index in [-0.39, 0.29) is 20.6 Å². The molecule has 0 spiro atoms. The number of alkyl halides is 3. The fourth-order valence-corrected chi connectivity index (χ4v) is 4.99. The molecule has 0 atom stereocenters. The van der Waals surface area contributed by atoms with E-state index in [9.17, 15) is 13.2 Å². The summed E-state index contributed by atoms with van der Waals surface area (Å²) in [6.07, 6.45) is -4.37. The molecule has 0 saturated carbocycles. The van der Waals surface area contributed by atoms with E-state index in [1.165, 1.54) is 10.4 Å². The zero-order valence-electron chi connectivity index (χ0n) is 9.48. The normalized spacial score (nSPS) is 14.0. The maximum absolute atomic E-state index is 13.1. The number of rotatable bonds is 0. The summed E-state index contributed by atoms with van der Waals surface area (Å²) in [5.74, 6) is 0. The molecule has 0 unspecified atom stereocenters. The molecule has 2 aromatic rings. The van der Waals surface area contributed by atoms with E-state index in [0.717, 1.165) is 16.2 Å². The van der Waals surface area contributed by atoms with E-state index in [4.69, 9.17) is 0 Å². The molecule has 0 aliphatic carbocycles. The number of halogens is 3. The fraction of sp³-hybridized carbons (Fsp3) is 0.0769. The van der Waals surface area contributed by atoms with Crippen molar-refractivity contribution in [3.63, 3.8) is 0 Å². The van der Waals surface area contributed by atoms with Gasteiger partial charge in [0.05, 0.1) is 0 Å². The molecule has 98 valence electrons. The molecule has 0 saturated heterocycles. The van der Waals surface area contributed by atoms with Crippen LogP contribution in [0.15, 0.2) is 42.5 Å². The van der Waals surface area contributed by atoms with E-state index in [0.29, 0.717) is 4.46 Å². The summed E-state index contributed by atoms with van der Waals surface area (Å²) < 4.78 is 42.3. The van der Waals surface area contributed by atoms with Crippen LogP contribution in [0.2, 0.25) is 0 Å². The summed E-state index contributed by atoms with van der Waals surface area (Å²) in [5.41, 5.74) is 0.267. The average Bonchev–Trinajstić information content (AvgIpc) is 2.37. The first-order valence-corrected chi connectivity index (χ1v) is 7.56. The van der Waals surface area contributed by atoms with Gasteiger partial charge >= 0.3 is 120 Å². The first kappa shape index (κ1) is 12.9. The Labute approximate surface area is 120 Å². The van der Waals surface area contributed by atoms with Crippen molar-refractivity contribution >= 4 is 48.1 Å². The molecule has 1 aliphatic heterocycles. The van der Waals surface area contributed by atoms with Crippen molar-refractivity contribution < 1.29 is 13.2 Å². The summed E-state index contributed by atoms with van der Waals surface area (Å²) in [7, 11) is 0. The molecular weight excluding hydrogens is 338 g/mol. The van der Waals surface area contributed by atoms with E-state index in [1.54, 1.807) is 18.2 Å². The third-order valence-corrected chi connectivity index (χ3v) is 5.58. The van der Waals surface area contributed by atoms with Gasteiger partial charge in [0.1, 0.15) is 0 Å². The van der Waals surface area contributed by atoms with Gasteiger partial charge in [-0.1, -0.05) is 0 Å². The topological polar surface area (TPSA) is 3.24 Å². The van der Waals surface area contributed by atoms with Crippen molar-refractivity contribution in [2.45, 2.75) is 6.18 Å². The second kappa shape index (κ2) is 4.47. The van der Waals surface area contributed by atoms with Gasteiger partial charge in [-0.3, -0.25) is 0 Å². The zero-order chi connectivity index (χ0) is 13.6. The van der Waals surface area contributed by atoms with E-state index in [2.05, 4.69) is 12.8 Å². The molecule has 19 heavy (non-hydrogen) atoms. The maximum atomic E-state index is 13.1. The van der Waals surface area contributed by atoms with Gasteiger partial charge in [-0.15, -0.1) is 0 Å². The Bertz CT molecular complexity index is 642. The molecule has 0 fully saturated rings. The summed E-state index contributed by atoms with van der Waals surface area (Å²) in [5, 5.41) is 0.